The lowest BCUT2D eigenvalue weighted by molar-refractivity contribution is -0.384. The van der Waals surface area contributed by atoms with E-state index in [1.54, 1.807) is 34.5 Å². The molecule has 1 fully saturated rings. The highest BCUT2D eigenvalue weighted by Gasteiger charge is 2.23. The van der Waals surface area contributed by atoms with Crippen molar-refractivity contribution in [3.8, 4) is 0 Å². The molecule has 104 valence electrons. The molecule has 5 nitrogen and oxygen atoms in total. The van der Waals surface area contributed by atoms with Crippen LogP contribution in [-0.2, 0) is 0 Å². The third-order valence-corrected chi connectivity index (χ3v) is 4.11. The molecule has 0 radical (unpaired) electrons. The Morgan fingerprint density at radius 1 is 1.63 bits per heavy atom. The van der Waals surface area contributed by atoms with Gasteiger partial charge in [-0.05, 0) is 42.0 Å². The van der Waals surface area contributed by atoms with E-state index in [9.17, 15) is 14.5 Å². The maximum absolute atomic E-state index is 13.6. The minimum Gasteiger partial charge on any atom is -0.367 e. The van der Waals surface area contributed by atoms with Crippen molar-refractivity contribution in [3.63, 3.8) is 0 Å². The van der Waals surface area contributed by atoms with Crippen LogP contribution in [0.2, 0.25) is 0 Å². The molecule has 1 N–H and O–H groups in total. The zero-order valence-corrected chi connectivity index (χ0v) is 12.7. The van der Waals surface area contributed by atoms with E-state index in [0.29, 0.717) is 18.3 Å². The number of anilines is 1. The first-order valence-electron chi connectivity index (χ1n) is 6.07. The molecule has 1 aliphatic rings. The van der Waals surface area contributed by atoms with Gasteiger partial charge in [0, 0.05) is 31.8 Å². The van der Waals surface area contributed by atoms with Gasteiger partial charge in [-0.1, -0.05) is 0 Å². The maximum Gasteiger partial charge on any atom is 0.293 e. The molecule has 0 spiro atoms. The Kier molecular flexibility index (Phi) is 4.56. The summed E-state index contributed by atoms with van der Waals surface area (Å²) in [5, 5.41) is 14.4. The molecule has 0 saturated carbocycles. The van der Waals surface area contributed by atoms with Gasteiger partial charge in [0.25, 0.3) is 5.69 Å². The average molecular weight is 379 g/mol. The van der Waals surface area contributed by atoms with Gasteiger partial charge in [0.2, 0.25) is 0 Å². The summed E-state index contributed by atoms with van der Waals surface area (Å²) in [5.41, 5.74) is 0.280. The summed E-state index contributed by atoms with van der Waals surface area (Å²) >= 11 is 1.76. The van der Waals surface area contributed by atoms with Gasteiger partial charge in [-0.15, -0.1) is 0 Å². The van der Waals surface area contributed by atoms with E-state index in [-0.39, 0.29) is 9.26 Å². The summed E-state index contributed by atoms with van der Waals surface area (Å²) in [5.74, 6) is -0.424. The third kappa shape index (κ3) is 3.33. The minimum atomic E-state index is -0.463. The Labute approximate surface area is 124 Å². The fourth-order valence-corrected chi connectivity index (χ4v) is 2.77. The molecule has 1 unspecified atom stereocenters. The molecular formula is C12H15FIN3O2. The number of nitrogens with one attached hydrogen (secondary N) is 1. The number of benzene rings is 1. The summed E-state index contributed by atoms with van der Waals surface area (Å²) in [7, 11) is 1.76. The van der Waals surface area contributed by atoms with Gasteiger partial charge in [-0.25, -0.2) is 4.39 Å². The maximum atomic E-state index is 13.6. The van der Waals surface area contributed by atoms with E-state index < -0.39 is 10.7 Å². The molecule has 7 heteroatoms. The van der Waals surface area contributed by atoms with Gasteiger partial charge in [0.15, 0.2) is 0 Å². The largest absolute Gasteiger partial charge is 0.367 e. The molecule has 1 atom stereocenters. The van der Waals surface area contributed by atoms with E-state index in [1.165, 1.54) is 12.1 Å². The van der Waals surface area contributed by atoms with Crippen LogP contribution in [0.25, 0.3) is 0 Å². The Balaban J connectivity index is 2.26. The molecule has 1 saturated heterocycles. The highest BCUT2D eigenvalue weighted by Crippen LogP contribution is 2.31. The van der Waals surface area contributed by atoms with Crippen molar-refractivity contribution < 1.29 is 9.31 Å². The lowest BCUT2D eigenvalue weighted by atomic mass is 10.2. The van der Waals surface area contributed by atoms with E-state index in [4.69, 9.17) is 0 Å². The Morgan fingerprint density at radius 3 is 2.95 bits per heavy atom. The van der Waals surface area contributed by atoms with Gasteiger partial charge < -0.3 is 10.2 Å². The van der Waals surface area contributed by atoms with Gasteiger partial charge in [-0.2, -0.15) is 0 Å². The van der Waals surface area contributed by atoms with Crippen LogP contribution in [0.1, 0.15) is 12.8 Å². The Bertz CT molecular complexity index is 492. The van der Waals surface area contributed by atoms with Crippen LogP contribution in [0.5, 0.6) is 0 Å². The third-order valence-electron chi connectivity index (χ3n) is 3.28. The Morgan fingerprint density at radius 2 is 2.37 bits per heavy atom. The van der Waals surface area contributed by atoms with Gasteiger partial charge in [0.1, 0.15) is 11.5 Å². The summed E-state index contributed by atoms with van der Waals surface area (Å²) < 4.78 is 13.9. The lowest BCUT2D eigenvalue weighted by Gasteiger charge is -2.23. The van der Waals surface area contributed by atoms with Gasteiger partial charge in [0.05, 0.1) is 8.49 Å². The Hall–Kier alpha value is -0.960. The smallest absolute Gasteiger partial charge is 0.293 e. The van der Waals surface area contributed by atoms with Crippen LogP contribution < -0.4 is 10.2 Å². The molecule has 0 aromatic heterocycles. The van der Waals surface area contributed by atoms with Crippen molar-refractivity contribution in [2.45, 2.75) is 18.9 Å². The predicted molar refractivity (Wildman–Crippen MR) is 80.1 cm³/mol. The van der Waals surface area contributed by atoms with E-state index in [0.717, 1.165) is 19.4 Å². The summed E-state index contributed by atoms with van der Waals surface area (Å²) in [6, 6.07) is 2.84. The SMILES string of the molecule is CN(CC1CCCN1)c1cc(F)c(I)cc1[N+](=O)[O-]. The monoisotopic (exact) mass is 379 g/mol. The zero-order valence-electron chi connectivity index (χ0n) is 10.5. The lowest BCUT2D eigenvalue weighted by Crippen LogP contribution is -2.35. The van der Waals surface area contributed by atoms with E-state index >= 15 is 0 Å². The first-order chi connectivity index (χ1) is 8.99. The molecular weight excluding hydrogens is 364 g/mol. The quantitative estimate of drug-likeness (QED) is 0.496. The van der Waals surface area contributed by atoms with Crippen LogP contribution >= 0.6 is 22.6 Å². The summed E-state index contributed by atoms with van der Waals surface area (Å²) in [6.07, 6.45) is 2.16. The van der Waals surface area contributed by atoms with Gasteiger partial charge in [-0.3, -0.25) is 10.1 Å². The molecule has 1 heterocycles. The number of nitro benzene ring substituents is 1. The molecule has 0 amide bonds. The molecule has 1 aliphatic heterocycles. The first-order valence-corrected chi connectivity index (χ1v) is 7.15. The number of rotatable bonds is 4. The normalized spacial score (nSPS) is 18.6. The fourth-order valence-electron chi connectivity index (χ4n) is 2.32. The number of hydrogen-bond acceptors (Lipinski definition) is 4. The van der Waals surface area contributed by atoms with Crippen molar-refractivity contribution >= 4 is 34.0 Å². The first kappa shape index (κ1) is 14.4. The van der Waals surface area contributed by atoms with Crippen molar-refractivity contribution in [1.29, 1.82) is 0 Å². The second kappa shape index (κ2) is 6.00. The number of nitrogens with zero attached hydrogens (tertiary/aromatic N) is 2. The molecule has 0 aliphatic carbocycles. The summed E-state index contributed by atoms with van der Waals surface area (Å²) in [6.45, 7) is 1.61. The standard InChI is InChI=1S/C12H15FIN3O2/c1-16(7-8-3-2-4-15-8)11-5-9(13)10(14)6-12(11)17(18)19/h5-6,8,15H,2-4,7H2,1H3. The van der Waals surface area contributed by atoms with E-state index in [1.807, 2.05) is 0 Å². The molecule has 2 rings (SSSR count). The van der Waals surface area contributed by atoms with Crippen molar-refractivity contribution in [2.24, 2.45) is 0 Å². The molecule has 19 heavy (non-hydrogen) atoms. The highest BCUT2D eigenvalue weighted by molar-refractivity contribution is 14.1. The van der Waals surface area contributed by atoms with Gasteiger partial charge >= 0.3 is 0 Å². The molecule has 1 aromatic carbocycles. The number of halogens is 2. The predicted octanol–water partition coefficient (Wildman–Crippen LogP) is 2.53. The molecule has 0 bridgehead atoms. The average Bonchev–Trinajstić information content (AvgIpc) is 2.84. The second-order valence-corrected chi connectivity index (χ2v) is 5.85. The van der Waals surface area contributed by atoms with Crippen molar-refractivity contribution in [2.75, 3.05) is 25.0 Å². The fraction of sp³-hybridized carbons (Fsp3) is 0.500. The highest BCUT2D eigenvalue weighted by atomic mass is 127. The number of likely N-dealkylation sites (N-methyl/N-ethyl adjacent to an activating group) is 1. The summed E-state index contributed by atoms with van der Waals surface area (Å²) in [4.78, 5) is 12.4. The minimum absolute atomic E-state index is 0.0497. The van der Waals surface area contributed by atoms with Crippen molar-refractivity contribution in [1.82, 2.24) is 5.32 Å². The topological polar surface area (TPSA) is 58.4 Å². The second-order valence-electron chi connectivity index (χ2n) is 4.69. The zero-order chi connectivity index (χ0) is 14.0. The van der Waals surface area contributed by atoms with Crippen molar-refractivity contribution in [3.05, 3.63) is 31.6 Å². The van der Waals surface area contributed by atoms with Crippen LogP contribution in [0.15, 0.2) is 12.1 Å². The van der Waals surface area contributed by atoms with Crippen LogP contribution in [-0.4, -0.2) is 31.1 Å². The van der Waals surface area contributed by atoms with E-state index in [2.05, 4.69) is 5.32 Å². The number of nitro groups is 1. The number of hydrogen-bond donors (Lipinski definition) is 1. The van der Waals surface area contributed by atoms with Crippen LogP contribution in [0, 0.1) is 19.5 Å². The molecule has 1 aromatic rings. The van der Waals surface area contributed by atoms with Crippen LogP contribution in [0.3, 0.4) is 0 Å². The van der Waals surface area contributed by atoms with Crippen LogP contribution in [0.4, 0.5) is 15.8 Å².